The van der Waals surface area contributed by atoms with Crippen LogP contribution in [0.25, 0.3) is 0 Å². The van der Waals surface area contributed by atoms with E-state index in [1.807, 2.05) is 30.3 Å². The number of carbonyl (C=O) groups is 1. The number of rotatable bonds is 6. The third-order valence-corrected chi connectivity index (χ3v) is 5.84. The SMILES string of the molecule is COc1ccc(C(=O)N2CCC(c3nn(C)c(=O)n3Cc3ccccc3)CC2)c(OC)n1. The highest BCUT2D eigenvalue weighted by Gasteiger charge is 2.30. The lowest BCUT2D eigenvalue weighted by Crippen LogP contribution is -2.39. The molecule has 168 valence electrons. The van der Waals surface area contributed by atoms with Crippen molar-refractivity contribution in [1.29, 1.82) is 0 Å². The smallest absolute Gasteiger partial charge is 0.345 e. The topological polar surface area (TPSA) is 91.5 Å². The minimum Gasteiger partial charge on any atom is -0.481 e. The monoisotopic (exact) mass is 437 g/mol. The van der Waals surface area contributed by atoms with Gasteiger partial charge in [-0.1, -0.05) is 30.3 Å². The summed E-state index contributed by atoms with van der Waals surface area (Å²) in [5, 5.41) is 4.52. The molecule has 0 atom stereocenters. The normalized spacial score (nSPS) is 14.4. The number of piperidine rings is 1. The lowest BCUT2D eigenvalue weighted by atomic mass is 9.95. The Kier molecular flexibility index (Phi) is 6.25. The van der Waals surface area contributed by atoms with E-state index in [0.717, 1.165) is 24.2 Å². The largest absolute Gasteiger partial charge is 0.481 e. The van der Waals surface area contributed by atoms with Crippen LogP contribution < -0.4 is 15.2 Å². The molecule has 1 aliphatic rings. The first kappa shape index (κ1) is 21.6. The van der Waals surface area contributed by atoms with Crippen molar-refractivity contribution in [1.82, 2.24) is 24.2 Å². The number of methoxy groups -OCH3 is 2. The highest BCUT2D eigenvalue weighted by molar-refractivity contribution is 5.96. The van der Waals surface area contributed by atoms with Crippen molar-refractivity contribution in [2.75, 3.05) is 27.3 Å². The maximum atomic E-state index is 13.1. The van der Waals surface area contributed by atoms with Gasteiger partial charge in [0, 0.05) is 32.1 Å². The lowest BCUT2D eigenvalue weighted by molar-refractivity contribution is 0.0706. The van der Waals surface area contributed by atoms with Crippen LogP contribution in [-0.2, 0) is 13.6 Å². The highest BCUT2D eigenvalue weighted by Crippen LogP contribution is 2.29. The van der Waals surface area contributed by atoms with Crippen molar-refractivity contribution in [2.45, 2.75) is 25.3 Å². The van der Waals surface area contributed by atoms with Gasteiger partial charge >= 0.3 is 5.69 Å². The summed E-state index contributed by atoms with van der Waals surface area (Å²) in [5.74, 6) is 1.39. The van der Waals surface area contributed by atoms with Crippen molar-refractivity contribution in [3.8, 4) is 11.8 Å². The van der Waals surface area contributed by atoms with Gasteiger partial charge in [0.15, 0.2) is 0 Å². The van der Waals surface area contributed by atoms with Crippen LogP contribution in [0.1, 0.15) is 40.5 Å². The van der Waals surface area contributed by atoms with Crippen molar-refractivity contribution in [3.05, 3.63) is 69.9 Å². The molecular formula is C23H27N5O4. The fraction of sp³-hybridized carbons (Fsp3) is 0.391. The van der Waals surface area contributed by atoms with Crippen LogP contribution in [-0.4, -0.2) is 57.4 Å². The molecule has 1 aromatic carbocycles. The number of benzene rings is 1. The number of hydrogen-bond acceptors (Lipinski definition) is 6. The number of aromatic nitrogens is 4. The fourth-order valence-corrected chi connectivity index (χ4v) is 4.11. The summed E-state index contributed by atoms with van der Waals surface area (Å²) >= 11 is 0. The van der Waals surface area contributed by atoms with E-state index in [1.54, 1.807) is 28.6 Å². The molecule has 1 saturated heterocycles. The average Bonchev–Trinajstić information content (AvgIpc) is 3.12. The van der Waals surface area contributed by atoms with Gasteiger partial charge in [0.25, 0.3) is 5.91 Å². The maximum Gasteiger partial charge on any atom is 0.345 e. The van der Waals surface area contributed by atoms with Crippen molar-refractivity contribution in [3.63, 3.8) is 0 Å². The van der Waals surface area contributed by atoms with E-state index in [-0.39, 0.29) is 23.4 Å². The van der Waals surface area contributed by atoms with E-state index in [0.29, 0.717) is 31.1 Å². The van der Waals surface area contributed by atoms with E-state index in [2.05, 4.69) is 10.1 Å². The molecule has 0 bridgehead atoms. The minimum atomic E-state index is -0.128. The maximum absolute atomic E-state index is 13.1. The lowest BCUT2D eigenvalue weighted by Gasteiger charge is -2.31. The molecule has 3 aromatic rings. The highest BCUT2D eigenvalue weighted by atomic mass is 16.5. The number of ether oxygens (including phenoxy) is 2. The average molecular weight is 438 g/mol. The van der Waals surface area contributed by atoms with Crippen LogP contribution in [0, 0.1) is 0 Å². The molecule has 1 aliphatic heterocycles. The number of hydrogen-bond donors (Lipinski definition) is 0. The van der Waals surface area contributed by atoms with E-state index < -0.39 is 0 Å². The van der Waals surface area contributed by atoms with Crippen molar-refractivity contribution in [2.24, 2.45) is 7.05 Å². The Morgan fingerprint density at radius 1 is 1.06 bits per heavy atom. The zero-order chi connectivity index (χ0) is 22.7. The van der Waals surface area contributed by atoms with Crippen molar-refractivity contribution >= 4 is 5.91 Å². The van der Waals surface area contributed by atoms with Gasteiger partial charge in [0.1, 0.15) is 11.4 Å². The van der Waals surface area contributed by atoms with E-state index in [9.17, 15) is 9.59 Å². The number of pyridine rings is 1. The van der Waals surface area contributed by atoms with Gasteiger partial charge < -0.3 is 14.4 Å². The Hall–Kier alpha value is -3.62. The van der Waals surface area contributed by atoms with E-state index in [4.69, 9.17) is 9.47 Å². The summed E-state index contributed by atoms with van der Waals surface area (Å²) in [5.41, 5.74) is 1.33. The van der Waals surface area contributed by atoms with Crippen LogP contribution in [0.15, 0.2) is 47.3 Å². The predicted octanol–water partition coefficient (Wildman–Crippen LogP) is 2.06. The summed E-state index contributed by atoms with van der Waals surface area (Å²) < 4.78 is 13.5. The number of carbonyl (C=O) groups excluding carboxylic acids is 1. The van der Waals surface area contributed by atoms with Crippen LogP contribution in [0.5, 0.6) is 11.8 Å². The van der Waals surface area contributed by atoms with Crippen LogP contribution in [0.3, 0.4) is 0 Å². The zero-order valence-corrected chi connectivity index (χ0v) is 18.5. The molecule has 1 fully saturated rings. The van der Waals surface area contributed by atoms with Crippen LogP contribution in [0.2, 0.25) is 0 Å². The van der Waals surface area contributed by atoms with Gasteiger partial charge in [-0.15, -0.1) is 0 Å². The summed E-state index contributed by atoms with van der Waals surface area (Å²) in [6.07, 6.45) is 1.45. The standard InChI is InChI=1S/C23H27N5O4/c1-26-23(30)28(15-16-7-5-4-6-8-16)20(25-26)17-11-13-27(14-12-17)22(29)18-9-10-19(31-2)24-21(18)32-3/h4-10,17H,11-15H2,1-3H3. The molecule has 9 nitrogen and oxygen atoms in total. The molecule has 0 N–H and O–H groups in total. The Balaban J connectivity index is 1.49. The molecule has 0 unspecified atom stereocenters. The minimum absolute atomic E-state index is 0.104. The van der Waals surface area contributed by atoms with Crippen molar-refractivity contribution < 1.29 is 14.3 Å². The number of amides is 1. The molecule has 0 radical (unpaired) electrons. The Morgan fingerprint density at radius 2 is 1.78 bits per heavy atom. The number of aryl methyl sites for hydroxylation is 1. The Morgan fingerprint density at radius 3 is 2.44 bits per heavy atom. The first-order valence-electron chi connectivity index (χ1n) is 10.6. The zero-order valence-electron chi connectivity index (χ0n) is 18.5. The molecule has 0 aliphatic carbocycles. The summed E-state index contributed by atoms with van der Waals surface area (Å²) in [4.78, 5) is 31.8. The summed E-state index contributed by atoms with van der Waals surface area (Å²) in [7, 11) is 4.68. The molecule has 4 rings (SSSR count). The Bertz CT molecular complexity index is 1150. The molecule has 1 amide bonds. The number of nitrogens with zero attached hydrogens (tertiary/aromatic N) is 5. The fourth-order valence-electron chi connectivity index (χ4n) is 4.11. The van der Waals surface area contributed by atoms with E-state index >= 15 is 0 Å². The summed E-state index contributed by atoms with van der Waals surface area (Å²) in [6, 6.07) is 13.2. The third-order valence-electron chi connectivity index (χ3n) is 5.84. The summed E-state index contributed by atoms with van der Waals surface area (Å²) in [6.45, 7) is 1.61. The molecule has 32 heavy (non-hydrogen) atoms. The molecule has 0 spiro atoms. The number of likely N-dealkylation sites (tertiary alicyclic amines) is 1. The molecule has 0 saturated carbocycles. The molecule has 2 aromatic heterocycles. The van der Waals surface area contributed by atoms with Gasteiger partial charge in [0.05, 0.1) is 20.8 Å². The van der Waals surface area contributed by atoms with Crippen LogP contribution >= 0.6 is 0 Å². The van der Waals surface area contributed by atoms with Crippen LogP contribution in [0.4, 0.5) is 0 Å². The predicted molar refractivity (Wildman–Crippen MR) is 118 cm³/mol. The quantitative estimate of drug-likeness (QED) is 0.586. The molecule has 9 heteroatoms. The van der Waals surface area contributed by atoms with Gasteiger partial charge in [-0.2, -0.15) is 10.1 Å². The second-order valence-corrected chi connectivity index (χ2v) is 7.81. The molecular weight excluding hydrogens is 410 g/mol. The Labute approximate surface area is 186 Å². The second kappa shape index (κ2) is 9.25. The second-order valence-electron chi connectivity index (χ2n) is 7.81. The van der Waals surface area contributed by atoms with Gasteiger partial charge in [-0.3, -0.25) is 9.36 Å². The first-order chi connectivity index (χ1) is 15.5. The van der Waals surface area contributed by atoms with E-state index in [1.165, 1.54) is 18.9 Å². The third kappa shape index (κ3) is 4.23. The first-order valence-corrected chi connectivity index (χ1v) is 10.6. The van der Waals surface area contributed by atoms with Gasteiger partial charge in [-0.25, -0.2) is 9.48 Å². The van der Waals surface area contributed by atoms with Gasteiger partial charge in [-0.05, 0) is 24.5 Å². The molecule has 3 heterocycles. The van der Waals surface area contributed by atoms with Gasteiger partial charge in [0.2, 0.25) is 11.8 Å².